The molecule has 0 aliphatic rings. The van der Waals surface area contributed by atoms with Crippen LogP contribution in [-0.2, 0) is 14.4 Å². The molecule has 8 nitrogen and oxygen atoms in total. The third-order valence-corrected chi connectivity index (χ3v) is 7.91. The van der Waals surface area contributed by atoms with Crippen molar-refractivity contribution in [2.24, 2.45) is 5.41 Å². The fourth-order valence-corrected chi connectivity index (χ4v) is 5.41. The predicted octanol–water partition coefficient (Wildman–Crippen LogP) is 7.52. The number of amides is 4. The molecule has 0 aliphatic heterocycles. The Balaban J connectivity index is 0.000000313. The van der Waals surface area contributed by atoms with Crippen LogP contribution in [-0.4, -0.2) is 38.2 Å². The van der Waals surface area contributed by atoms with E-state index in [-0.39, 0.29) is 11.3 Å². The zero-order valence-electron chi connectivity index (χ0n) is 29.7. The summed E-state index contributed by atoms with van der Waals surface area (Å²) in [5, 5.41) is 10.9. The summed E-state index contributed by atoms with van der Waals surface area (Å²) < 4.78 is 0. The summed E-state index contributed by atoms with van der Waals surface area (Å²) in [6, 6.07) is 23.6. The number of aryl methyl sites for hydroxylation is 6. The Morgan fingerprint density at radius 1 is 0.604 bits per heavy atom. The monoisotopic (exact) mass is 650 g/mol. The minimum Gasteiger partial charge on any atom is -0.358 e. The summed E-state index contributed by atoms with van der Waals surface area (Å²) in [5.41, 5.74) is 12.3. The average Bonchev–Trinajstić information content (AvgIpc) is 3.02. The SMILES string of the molecule is CC(C)(CNC=O)CNC=O.Cc1cc(C)c(C(=O)Nc2ccccc2-c2ccccc2NC=O)c(C)c1.Cc1cc(C)c(C)c(C)c1. The van der Waals surface area contributed by atoms with Crippen LogP contribution in [0.1, 0.15) is 63.1 Å². The van der Waals surface area contributed by atoms with Gasteiger partial charge in [-0.05, 0) is 93.8 Å². The van der Waals surface area contributed by atoms with E-state index in [0.29, 0.717) is 49.3 Å². The second kappa shape index (κ2) is 18.8. The van der Waals surface area contributed by atoms with Crippen LogP contribution >= 0.6 is 0 Å². The molecule has 4 aromatic rings. The second-order valence-electron chi connectivity index (χ2n) is 12.8. The standard InChI is InChI=1S/C23H22N2O2.C10H14.C7H14N2O2/c1-15-12-16(2)22(17(3)13-15)23(27)25-21-11-7-5-9-19(21)18-8-4-6-10-20(18)24-14-26;1-7-5-8(2)10(4)9(3)6-7;1-7(2,3-8-5-10)4-9-6-11/h4-14H,1-3H3,(H,24,26)(H,25,27);5-6H,1-4H3;5-6H,3-4H2,1-2H3,(H,8,10)(H,9,11). The zero-order chi connectivity index (χ0) is 35.9. The highest BCUT2D eigenvalue weighted by molar-refractivity contribution is 6.08. The number of carbonyl (C=O) groups is 4. The number of rotatable bonds is 11. The lowest BCUT2D eigenvalue weighted by Gasteiger charge is -2.22. The predicted molar refractivity (Wildman–Crippen MR) is 197 cm³/mol. The second-order valence-corrected chi connectivity index (χ2v) is 12.8. The minimum atomic E-state index is -0.140. The summed E-state index contributed by atoms with van der Waals surface area (Å²) in [5.74, 6) is -0.140. The van der Waals surface area contributed by atoms with Crippen LogP contribution in [0, 0.1) is 53.9 Å². The first kappa shape index (κ1) is 38.9. The fourth-order valence-electron chi connectivity index (χ4n) is 5.41. The van der Waals surface area contributed by atoms with E-state index >= 15 is 0 Å². The molecule has 0 saturated carbocycles. The van der Waals surface area contributed by atoms with Gasteiger partial charge in [-0.25, -0.2) is 0 Å². The van der Waals surface area contributed by atoms with Gasteiger partial charge >= 0.3 is 0 Å². The number of hydrogen-bond acceptors (Lipinski definition) is 4. The largest absolute Gasteiger partial charge is 0.358 e. The van der Waals surface area contributed by atoms with Crippen LogP contribution in [0.15, 0.2) is 72.8 Å². The van der Waals surface area contributed by atoms with Crippen molar-refractivity contribution in [1.82, 2.24) is 10.6 Å². The van der Waals surface area contributed by atoms with Crippen molar-refractivity contribution >= 4 is 36.5 Å². The number of benzene rings is 4. The molecule has 4 amide bonds. The Bertz CT molecular complexity index is 1650. The molecular formula is C40H50N4O4. The van der Waals surface area contributed by atoms with Gasteiger partial charge in [0.2, 0.25) is 19.2 Å². The molecule has 0 aromatic heterocycles. The molecule has 0 aliphatic carbocycles. The molecular weight excluding hydrogens is 600 g/mol. The number of carbonyl (C=O) groups excluding carboxylic acids is 4. The van der Waals surface area contributed by atoms with Crippen molar-refractivity contribution in [3.63, 3.8) is 0 Å². The Hall–Kier alpha value is -5.24. The van der Waals surface area contributed by atoms with Crippen LogP contribution in [0.5, 0.6) is 0 Å². The van der Waals surface area contributed by atoms with E-state index in [2.05, 4.69) is 61.1 Å². The van der Waals surface area contributed by atoms with Crippen LogP contribution in [0.2, 0.25) is 0 Å². The quantitative estimate of drug-likeness (QED) is 0.126. The van der Waals surface area contributed by atoms with Crippen molar-refractivity contribution in [1.29, 1.82) is 0 Å². The molecule has 0 atom stereocenters. The van der Waals surface area contributed by atoms with Crippen LogP contribution in [0.3, 0.4) is 0 Å². The van der Waals surface area contributed by atoms with E-state index in [0.717, 1.165) is 27.8 Å². The van der Waals surface area contributed by atoms with Gasteiger partial charge in [-0.3, -0.25) is 19.2 Å². The van der Waals surface area contributed by atoms with Crippen LogP contribution in [0.4, 0.5) is 11.4 Å². The van der Waals surface area contributed by atoms with Gasteiger partial charge in [-0.1, -0.05) is 85.6 Å². The summed E-state index contributed by atoms with van der Waals surface area (Å²) in [6.45, 7) is 19.6. The zero-order valence-corrected chi connectivity index (χ0v) is 29.7. The van der Waals surface area contributed by atoms with Gasteiger partial charge in [-0.15, -0.1) is 0 Å². The number of para-hydroxylation sites is 2. The molecule has 0 spiro atoms. The third-order valence-electron chi connectivity index (χ3n) is 7.91. The van der Waals surface area contributed by atoms with E-state index < -0.39 is 0 Å². The highest BCUT2D eigenvalue weighted by Crippen LogP contribution is 2.34. The van der Waals surface area contributed by atoms with Crippen molar-refractivity contribution in [3.8, 4) is 11.1 Å². The molecule has 4 aromatic carbocycles. The average molecular weight is 651 g/mol. The topological polar surface area (TPSA) is 116 Å². The van der Waals surface area contributed by atoms with Gasteiger partial charge < -0.3 is 21.3 Å². The maximum atomic E-state index is 13.0. The van der Waals surface area contributed by atoms with Gasteiger partial charge in [0, 0.05) is 41.2 Å². The number of hydrogen-bond donors (Lipinski definition) is 4. The minimum absolute atomic E-state index is 0.0815. The van der Waals surface area contributed by atoms with E-state index in [1.165, 1.54) is 22.3 Å². The summed E-state index contributed by atoms with van der Waals surface area (Å²) in [7, 11) is 0. The molecule has 0 heterocycles. The van der Waals surface area contributed by atoms with Crippen molar-refractivity contribution in [3.05, 3.63) is 117 Å². The maximum Gasteiger partial charge on any atom is 0.256 e. The summed E-state index contributed by atoms with van der Waals surface area (Å²) in [6.07, 6.45) is 1.96. The van der Waals surface area contributed by atoms with Gasteiger partial charge in [0.25, 0.3) is 5.91 Å². The smallest absolute Gasteiger partial charge is 0.256 e. The highest BCUT2D eigenvalue weighted by atomic mass is 16.2. The Labute approximate surface area is 285 Å². The van der Waals surface area contributed by atoms with Gasteiger partial charge in [0.15, 0.2) is 0 Å². The van der Waals surface area contributed by atoms with Crippen molar-refractivity contribution in [2.45, 2.75) is 62.3 Å². The lowest BCUT2D eigenvalue weighted by Crippen LogP contribution is -2.37. The first-order valence-corrected chi connectivity index (χ1v) is 15.9. The van der Waals surface area contributed by atoms with E-state index in [1.807, 2.05) is 95.3 Å². The molecule has 0 radical (unpaired) electrons. The summed E-state index contributed by atoms with van der Waals surface area (Å²) >= 11 is 0. The van der Waals surface area contributed by atoms with Crippen molar-refractivity contribution in [2.75, 3.05) is 23.7 Å². The fraction of sp³-hybridized carbons (Fsp3) is 0.300. The molecule has 4 rings (SSSR count). The van der Waals surface area contributed by atoms with E-state index in [4.69, 9.17) is 0 Å². The normalized spacial score (nSPS) is 10.3. The van der Waals surface area contributed by atoms with Gasteiger partial charge in [0.05, 0.1) is 0 Å². The Morgan fingerprint density at radius 2 is 1.02 bits per heavy atom. The Morgan fingerprint density at radius 3 is 1.48 bits per heavy atom. The third kappa shape index (κ3) is 11.8. The van der Waals surface area contributed by atoms with Gasteiger partial charge in [0.1, 0.15) is 0 Å². The van der Waals surface area contributed by atoms with Crippen molar-refractivity contribution < 1.29 is 19.2 Å². The molecule has 0 saturated heterocycles. The lowest BCUT2D eigenvalue weighted by atomic mass is 9.94. The molecule has 48 heavy (non-hydrogen) atoms. The first-order chi connectivity index (χ1) is 22.7. The number of anilines is 2. The molecule has 0 fully saturated rings. The molecule has 4 N–H and O–H groups in total. The molecule has 8 heteroatoms. The maximum absolute atomic E-state index is 13.0. The van der Waals surface area contributed by atoms with Gasteiger partial charge in [-0.2, -0.15) is 0 Å². The highest BCUT2D eigenvalue weighted by Gasteiger charge is 2.17. The molecule has 0 unspecified atom stereocenters. The van der Waals surface area contributed by atoms with Crippen LogP contribution in [0.25, 0.3) is 11.1 Å². The molecule has 0 bridgehead atoms. The van der Waals surface area contributed by atoms with Crippen LogP contribution < -0.4 is 21.3 Å². The first-order valence-electron chi connectivity index (χ1n) is 15.9. The van der Waals surface area contributed by atoms with E-state index in [1.54, 1.807) is 0 Å². The number of nitrogens with one attached hydrogen (secondary N) is 4. The van der Waals surface area contributed by atoms with E-state index in [9.17, 15) is 19.2 Å². The summed E-state index contributed by atoms with van der Waals surface area (Å²) in [4.78, 5) is 43.8. The molecule has 254 valence electrons. The Kier molecular flexibility index (Phi) is 15.2. The lowest BCUT2D eigenvalue weighted by molar-refractivity contribution is -0.110.